The lowest BCUT2D eigenvalue weighted by Gasteiger charge is -2.22. The molecule has 3 unspecified atom stereocenters. The van der Waals surface area contributed by atoms with Gasteiger partial charge < -0.3 is 10.4 Å². The van der Waals surface area contributed by atoms with Crippen LogP contribution in [0.1, 0.15) is 27.2 Å². The van der Waals surface area contributed by atoms with Crippen molar-refractivity contribution < 1.29 is 5.11 Å². The minimum absolute atomic E-state index is 0.260. The van der Waals surface area contributed by atoms with Crippen LogP contribution in [-0.2, 0) is 0 Å². The van der Waals surface area contributed by atoms with Crippen LogP contribution in [0.5, 0.6) is 0 Å². The average molecular weight is 205 g/mol. The van der Waals surface area contributed by atoms with Crippen molar-refractivity contribution in [2.24, 2.45) is 5.92 Å². The lowest BCUT2D eigenvalue weighted by atomic mass is 10.1. The topological polar surface area (TPSA) is 32.3 Å². The molecule has 0 fully saturated rings. The first-order chi connectivity index (χ1) is 6.15. The molecule has 0 aromatic heterocycles. The maximum atomic E-state index is 9.06. The van der Waals surface area contributed by atoms with Gasteiger partial charge in [-0.15, -0.1) is 0 Å². The molecule has 0 rings (SSSR count). The number of nitrogens with one attached hydrogen (secondary N) is 1. The molecule has 0 aromatic carbocycles. The summed E-state index contributed by atoms with van der Waals surface area (Å²) in [5, 5.41) is 12.8. The molecule has 2 nitrogen and oxygen atoms in total. The van der Waals surface area contributed by atoms with Crippen molar-refractivity contribution in [1.82, 2.24) is 5.32 Å². The Balaban J connectivity index is 3.65. The van der Waals surface area contributed by atoms with Crippen LogP contribution in [0, 0.1) is 5.92 Å². The third-order valence-electron chi connectivity index (χ3n) is 2.53. The van der Waals surface area contributed by atoms with E-state index >= 15 is 0 Å². The van der Waals surface area contributed by atoms with E-state index < -0.39 is 0 Å². The Kier molecular flexibility index (Phi) is 7.81. The molecule has 0 aliphatic rings. The van der Waals surface area contributed by atoms with Gasteiger partial charge >= 0.3 is 0 Å². The number of hydrogen-bond acceptors (Lipinski definition) is 3. The van der Waals surface area contributed by atoms with E-state index in [9.17, 15) is 0 Å². The van der Waals surface area contributed by atoms with Crippen molar-refractivity contribution in [2.75, 3.05) is 19.4 Å². The molecule has 0 saturated heterocycles. The predicted molar refractivity (Wildman–Crippen MR) is 61.3 cm³/mol. The molecule has 0 bridgehead atoms. The van der Waals surface area contributed by atoms with Crippen molar-refractivity contribution in [3.63, 3.8) is 0 Å². The van der Waals surface area contributed by atoms with Gasteiger partial charge in [0.25, 0.3) is 0 Å². The van der Waals surface area contributed by atoms with Crippen LogP contribution in [0.15, 0.2) is 0 Å². The van der Waals surface area contributed by atoms with Gasteiger partial charge in [-0.3, -0.25) is 0 Å². The fraction of sp³-hybridized carbons (Fsp3) is 1.00. The van der Waals surface area contributed by atoms with Gasteiger partial charge in [0, 0.05) is 11.3 Å². The normalized spacial score (nSPS) is 18.2. The fourth-order valence-electron chi connectivity index (χ4n) is 1.10. The first kappa shape index (κ1) is 13.3. The smallest absolute Gasteiger partial charge is 0.0564 e. The van der Waals surface area contributed by atoms with Crippen LogP contribution in [0.25, 0.3) is 0 Å². The van der Waals surface area contributed by atoms with Crippen LogP contribution < -0.4 is 5.32 Å². The second kappa shape index (κ2) is 7.65. The van der Waals surface area contributed by atoms with E-state index in [1.54, 1.807) is 11.8 Å². The van der Waals surface area contributed by atoms with E-state index in [0.29, 0.717) is 11.3 Å². The zero-order valence-corrected chi connectivity index (χ0v) is 10.0. The third-order valence-corrected chi connectivity index (χ3v) is 3.69. The molecule has 3 atom stereocenters. The Morgan fingerprint density at radius 1 is 1.38 bits per heavy atom. The summed E-state index contributed by atoms with van der Waals surface area (Å²) in [6.45, 7) is 7.90. The highest BCUT2D eigenvalue weighted by Crippen LogP contribution is 2.10. The van der Waals surface area contributed by atoms with E-state index in [1.807, 2.05) is 6.26 Å². The monoisotopic (exact) mass is 205 g/mol. The van der Waals surface area contributed by atoms with Gasteiger partial charge in [0.1, 0.15) is 0 Å². The van der Waals surface area contributed by atoms with Crippen LogP contribution >= 0.6 is 11.8 Å². The Morgan fingerprint density at radius 2 is 2.00 bits per heavy atom. The highest BCUT2D eigenvalue weighted by molar-refractivity contribution is 7.99. The first-order valence-electron chi connectivity index (χ1n) is 5.02. The van der Waals surface area contributed by atoms with Gasteiger partial charge in [-0.05, 0) is 25.6 Å². The van der Waals surface area contributed by atoms with E-state index in [1.165, 1.54) is 6.42 Å². The van der Waals surface area contributed by atoms with Crippen molar-refractivity contribution in [3.05, 3.63) is 0 Å². The summed E-state index contributed by atoms with van der Waals surface area (Å²) in [4.78, 5) is 0. The van der Waals surface area contributed by atoms with E-state index in [4.69, 9.17) is 5.11 Å². The molecule has 3 heteroatoms. The molecule has 0 spiro atoms. The molecule has 80 valence electrons. The summed E-state index contributed by atoms with van der Waals surface area (Å²) in [6.07, 6.45) is 3.26. The fourth-order valence-corrected chi connectivity index (χ4v) is 1.75. The third kappa shape index (κ3) is 5.55. The lowest BCUT2D eigenvalue weighted by Crippen LogP contribution is -2.39. The van der Waals surface area contributed by atoms with Crippen LogP contribution in [0.2, 0.25) is 0 Å². The molecule has 0 saturated carbocycles. The van der Waals surface area contributed by atoms with Crippen molar-refractivity contribution in [3.8, 4) is 0 Å². The van der Waals surface area contributed by atoms with Gasteiger partial charge in [-0.2, -0.15) is 11.8 Å². The first-order valence-corrected chi connectivity index (χ1v) is 6.31. The number of thioether (sulfide) groups is 1. The Labute approximate surface area is 86.5 Å². The average Bonchev–Trinajstić information content (AvgIpc) is 2.16. The van der Waals surface area contributed by atoms with Crippen LogP contribution in [0.3, 0.4) is 0 Å². The molecule has 2 N–H and O–H groups in total. The van der Waals surface area contributed by atoms with Crippen LogP contribution in [-0.4, -0.2) is 35.8 Å². The van der Waals surface area contributed by atoms with Gasteiger partial charge in [-0.1, -0.05) is 20.3 Å². The second-order valence-corrected chi connectivity index (χ2v) is 4.74. The Bertz CT molecular complexity index is 117. The summed E-state index contributed by atoms with van der Waals surface area (Å²) in [5.74, 6) is 0.726. The minimum Gasteiger partial charge on any atom is -0.395 e. The second-order valence-electron chi connectivity index (χ2n) is 3.67. The molecule has 0 aliphatic heterocycles. The molecule has 0 amide bonds. The van der Waals surface area contributed by atoms with Gasteiger partial charge in [0.15, 0.2) is 0 Å². The number of aliphatic hydroxyl groups is 1. The van der Waals surface area contributed by atoms with E-state index in [-0.39, 0.29) is 6.61 Å². The maximum absolute atomic E-state index is 9.06. The Hall–Kier alpha value is 0.270. The summed E-state index contributed by atoms with van der Waals surface area (Å²) in [7, 11) is 0. The van der Waals surface area contributed by atoms with Crippen molar-refractivity contribution in [2.45, 2.75) is 38.5 Å². The standard InChI is InChI=1S/C10H23NOS/c1-5-8(2)6-11-9(3)10(7-12)13-4/h8-12H,5-7H2,1-4H3. The molecule has 0 radical (unpaired) electrons. The highest BCUT2D eigenvalue weighted by Gasteiger charge is 2.14. The summed E-state index contributed by atoms with van der Waals surface area (Å²) in [6, 6.07) is 0.397. The molecular formula is C10H23NOS. The summed E-state index contributed by atoms with van der Waals surface area (Å²) >= 11 is 1.72. The predicted octanol–water partition coefficient (Wildman–Crippen LogP) is 1.73. The molecule has 13 heavy (non-hydrogen) atoms. The van der Waals surface area contributed by atoms with Gasteiger partial charge in [0.2, 0.25) is 0 Å². The minimum atomic E-state index is 0.260. The highest BCUT2D eigenvalue weighted by atomic mass is 32.2. The van der Waals surface area contributed by atoms with Crippen molar-refractivity contribution in [1.29, 1.82) is 0 Å². The van der Waals surface area contributed by atoms with Crippen molar-refractivity contribution >= 4 is 11.8 Å². The van der Waals surface area contributed by atoms with Gasteiger partial charge in [0.05, 0.1) is 6.61 Å². The van der Waals surface area contributed by atoms with E-state index in [0.717, 1.165) is 12.5 Å². The van der Waals surface area contributed by atoms with Crippen LogP contribution in [0.4, 0.5) is 0 Å². The maximum Gasteiger partial charge on any atom is 0.0564 e. The number of rotatable bonds is 7. The number of hydrogen-bond donors (Lipinski definition) is 2. The SMILES string of the molecule is CCC(C)CNC(C)C(CO)SC. The quantitative estimate of drug-likeness (QED) is 0.664. The molecule has 0 heterocycles. The zero-order valence-electron chi connectivity index (χ0n) is 9.21. The molecular weight excluding hydrogens is 182 g/mol. The molecule has 0 aliphatic carbocycles. The summed E-state index contributed by atoms with van der Waals surface area (Å²) < 4.78 is 0. The zero-order chi connectivity index (χ0) is 10.3. The van der Waals surface area contributed by atoms with E-state index in [2.05, 4.69) is 26.1 Å². The number of aliphatic hydroxyl groups excluding tert-OH is 1. The largest absolute Gasteiger partial charge is 0.395 e. The van der Waals surface area contributed by atoms with Gasteiger partial charge in [-0.25, -0.2) is 0 Å². The summed E-state index contributed by atoms with van der Waals surface area (Å²) in [5.41, 5.74) is 0. The Morgan fingerprint density at radius 3 is 2.38 bits per heavy atom. The lowest BCUT2D eigenvalue weighted by molar-refractivity contribution is 0.273. The molecule has 0 aromatic rings.